The lowest BCUT2D eigenvalue weighted by atomic mass is 10.1. The molecule has 0 fully saturated rings. The number of methoxy groups -OCH3 is 1. The number of rotatable bonds is 8. The van der Waals surface area contributed by atoms with Gasteiger partial charge in [-0.3, -0.25) is 14.9 Å². The molecule has 9 nitrogen and oxygen atoms in total. The third-order valence-corrected chi connectivity index (χ3v) is 4.81. The van der Waals surface area contributed by atoms with Crippen LogP contribution in [0.3, 0.4) is 0 Å². The summed E-state index contributed by atoms with van der Waals surface area (Å²) >= 11 is 3.33. The van der Waals surface area contributed by atoms with Gasteiger partial charge in [0.2, 0.25) is 0 Å². The van der Waals surface area contributed by atoms with E-state index in [2.05, 4.69) is 26.5 Å². The summed E-state index contributed by atoms with van der Waals surface area (Å²) in [5, 5.41) is 25.0. The zero-order valence-electron chi connectivity index (χ0n) is 16.8. The van der Waals surface area contributed by atoms with Crippen LogP contribution in [0.4, 0.5) is 5.69 Å². The Hall–Kier alpha value is -3.92. The van der Waals surface area contributed by atoms with Crippen LogP contribution in [0.5, 0.6) is 17.2 Å². The topological polar surface area (TPSA) is 123 Å². The molecule has 0 bridgehead atoms. The number of hydrogen-bond donors (Lipinski definition) is 2. The Bertz CT molecular complexity index is 1170. The summed E-state index contributed by atoms with van der Waals surface area (Å²) < 4.78 is 11.4. The molecule has 3 rings (SSSR count). The van der Waals surface area contributed by atoms with Crippen LogP contribution in [0.15, 0.2) is 70.2 Å². The highest BCUT2D eigenvalue weighted by Gasteiger charge is 2.17. The number of phenolic OH excluding ortho intramolecular Hbond substituents is 1. The molecule has 1 amide bonds. The molecule has 0 unspecified atom stereocenters. The molecule has 0 radical (unpaired) electrons. The summed E-state index contributed by atoms with van der Waals surface area (Å²) in [5.41, 5.74) is 3.21. The third kappa shape index (κ3) is 5.61. The quantitative estimate of drug-likeness (QED) is 0.268. The molecule has 2 N–H and O–H groups in total. The zero-order chi connectivity index (χ0) is 23.1. The predicted octanol–water partition coefficient (Wildman–Crippen LogP) is 4.41. The number of ether oxygens (including phenoxy) is 2. The van der Waals surface area contributed by atoms with Crippen molar-refractivity contribution in [1.82, 2.24) is 5.43 Å². The highest BCUT2D eigenvalue weighted by atomic mass is 79.9. The van der Waals surface area contributed by atoms with E-state index in [0.29, 0.717) is 10.2 Å². The van der Waals surface area contributed by atoms with Crippen LogP contribution in [-0.4, -0.2) is 29.3 Å². The lowest BCUT2D eigenvalue weighted by Gasteiger charge is -2.11. The van der Waals surface area contributed by atoms with E-state index in [1.54, 1.807) is 18.2 Å². The first kappa shape index (κ1) is 22.8. The number of halogens is 1. The van der Waals surface area contributed by atoms with Crippen LogP contribution in [0.2, 0.25) is 0 Å². The van der Waals surface area contributed by atoms with E-state index in [1.165, 1.54) is 7.11 Å². The van der Waals surface area contributed by atoms with Crippen LogP contribution in [0.25, 0.3) is 0 Å². The summed E-state index contributed by atoms with van der Waals surface area (Å²) in [5.74, 6) is -0.645. The first-order valence-electron chi connectivity index (χ1n) is 9.24. The second-order valence-corrected chi connectivity index (χ2v) is 7.37. The second-order valence-electron chi connectivity index (χ2n) is 6.46. The van der Waals surface area contributed by atoms with Gasteiger partial charge in [-0.05, 0) is 23.8 Å². The third-order valence-electron chi connectivity index (χ3n) is 4.31. The number of non-ortho nitro benzene ring substituents is 1. The highest BCUT2D eigenvalue weighted by Crippen LogP contribution is 2.33. The normalized spacial score (nSPS) is 10.7. The molecule has 0 aliphatic heterocycles. The van der Waals surface area contributed by atoms with Crippen molar-refractivity contribution < 1.29 is 24.3 Å². The molecule has 0 spiro atoms. The summed E-state index contributed by atoms with van der Waals surface area (Å²) in [7, 11) is 1.27. The molecule has 0 saturated carbocycles. The summed E-state index contributed by atoms with van der Waals surface area (Å²) in [6.45, 7) is 0.271. The van der Waals surface area contributed by atoms with Crippen molar-refractivity contribution in [1.29, 1.82) is 0 Å². The maximum absolute atomic E-state index is 12.7. The Morgan fingerprint density at radius 1 is 1.19 bits per heavy atom. The Morgan fingerprint density at radius 3 is 2.62 bits per heavy atom. The number of nitrogens with zero attached hydrogens (tertiary/aromatic N) is 2. The molecule has 3 aromatic carbocycles. The van der Waals surface area contributed by atoms with Gasteiger partial charge in [0, 0.05) is 16.1 Å². The number of hydrogen-bond acceptors (Lipinski definition) is 7. The summed E-state index contributed by atoms with van der Waals surface area (Å²) in [4.78, 5) is 23.1. The fraction of sp³-hybridized carbons (Fsp3) is 0.0909. The van der Waals surface area contributed by atoms with Crippen molar-refractivity contribution in [2.75, 3.05) is 7.11 Å². The Kier molecular flexibility index (Phi) is 7.40. The number of amides is 1. The van der Waals surface area contributed by atoms with Crippen molar-refractivity contribution in [2.24, 2.45) is 5.10 Å². The fourth-order valence-electron chi connectivity index (χ4n) is 2.74. The van der Waals surface area contributed by atoms with E-state index in [1.807, 2.05) is 30.3 Å². The van der Waals surface area contributed by atoms with Gasteiger partial charge >= 0.3 is 0 Å². The van der Waals surface area contributed by atoms with E-state index in [4.69, 9.17) is 9.47 Å². The minimum atomic E-state index is -0.629. The Morgan fingerprint density at radius 2 is 1.94 bits per heavy atom. The van der Waals surface area contributed by atoms with Crippen LogP contribution in [0.1, 0.15) is 21.5 Å². The van der Waals surface area contributed by atoms with Crippen LogP contribution >= 0.6 is 15.9 Å². The Labute approximate surface area is 191 Å². The molecule has 0 heterocycles. The van der Waals surface area contributed by atoms with Gasteiger partial charge in [-0.1, -0.05) is 46.3 Å². The van der Waals surface area contributed by atoms with E-state index < -0.39 is 10.8 Å². The molecule has 10 heteroatoms. The first-order valence-corrected chi connectivity index (χ1v) is 10.0. The number of benzene rings is 3. The fourth-order valence-corrected chi connectivity index (χ4v) is 3.10. The molecule has 0 saturated heterocycles. The average molecular weight is 500 g/mol. The lowest BCUT2D eigenvalue weighted by Crippen LogP contribution is -2.19. The minimum absolute atomic E-state index is 0.00569. The van der Waals surface area contributed by atoms with Crippen LogP contribution in [-0.2, 0) is 6.61 Å². The lowest BCUT2D eigenvalue weighted by molar-refractivity contribution is -0.385. The van der Waals surface area contributed by atoms with Crippen molar-refractivity contribution in [3.05, 3.63) is 91.9 Å². The van der Waals surface area contributed by atoms with Gasteiger partial charge in [0.15, 0.2) is 11.5 Å². The van der Waals surface area contributed by atoms with Crippen LogP contribution < -0.4 is 14.9 Å². The molecular weight excluding hydrogens is 482 g/mol. The van der Waals surface area contributed by atoms with E-state index in [9.17, 15) is 20.0 Å². The zero-order valence-corrected chi connectivity index (χ0v) is 18.4. The predicted molar refractivity (Wildman–Crippen MR) is 121 cm³/mol. The molecule has 0 aromatic heterocycles. The molecule has 0 atom stereocenters. The van der Waals surface area contributed by atoms with Gasteiger partial charge in [-0.15, -0.1) is 0 Å². The number of carbonyl (C=O) groups is 1. The minimum Gasteiger partial charge on any atom is -0.504 e. The monoisotopic (exact) mass is 499 g/mol. The van der Waals surface area contributed by atoms with Crippen molar-refractivity contribution in [2.45, 2.75) is 6.61 Å². The largest absolute Gasteiger partial charge is 0.504 e. The standard InChI is InChI=1S/C22H18BrN3O6/c1-31-20-11-17(26(29)30)9-15(21(20)27)12-24-25-22(28)18-10-16(23)7-8-19(18)32-13-14-5-3-2-4-6-14/h2-12,27H,13H2,1H3,(H,25,28)/b24-12-. The number of phenols is 1. The number of aromatic hydroxyl groups is 1. The average Bonchev–Trinajstić information content (AvgIpc) is 2.79. The maximum Gasteiger partial charge on any atom is 0.275 e. The maximum atomic E-state index is 12.7. The van der Waals surface area contributed by atoms with Gasteiger partial charge in [0.25, 0.3) is 11.6 Å². The van der Waals surface area contributed by atoms with E-state index >= 15 is 0 Å². The smallest absolute Gasteiger partial charge is 0.275 e. The molecule has 0 aliphatic rings. The molecular formula is C22H18BrN3O6. The SMILES string of the molecule is COc1cc([N+](=O)[O-])cc(/C=N\NC(=O)c2cc(Br)ccc2OCc2ccccc2)c1O. The number of hydrazone groups is 1. The van der Waals surface area contributed by atoms with E-state index in [-0.39, 0.29) is 34.9 Å². The summed E-state index contributed by atoms with van der Waals surface area (Å²) in [6, 6.07) is 16.7. The molecule has 3 aromatic rings. The van der Waals surface area contributed by atoms with Crippen molar-refractivity contribution in [3.8, 4) is 17.2 Å². The Balaban J connectivity index is 1.78. The van der Waals surface area contributed by atoms with Gasteiger partial charge in [-0.25, -0.2) is 5.43 Å². The number of nitro groups is 1. The molecule has 32 heavy (non-hydrogen) atoms. The molecule has 164 valence electrons. The first-order chi connectivity index (χ1) is 15.4. The summed E-state index contributed by atoms with van der Waals surface area (Å²) in [6.07, 6.45) is 1.09. The van der Waals surface area contributed by atoms with Gasteiger partial charge in [-0.2, -0.15) is 5.10 Å². The van der Waals surface area contributed by atoms with Gasteiger partial charge in [0.1, 0.15) is 12.4 Å². The van der Waals surface area contributed by atoms with Gasteiger partial charge < -0.3 is 14.6 Å². The number of nitro benzene ring substituents is 1. The van der Waals surface area contributed by atoms with E-state index in [0.717, 1.165) is 23.9 Å². The van der Waals surface area contributed by atoms with Gasteiger partial charge in [0.05, 0.1) is 29.9 Å². The molecule has 0 aliphatic carbocycles. The van der Waals surface area contributed by atoms with Crippen LogP contribution in [0, 0.1) is 10.1 Å². The number of carbonyl (C=O) groups excluding carboxylic acids is 1. The van der Waals surface area contributed by atoms with Crippen molar-refractivity contribution in [3.63, 3.8) is 0 Å². The second kappa shape index (κ2) is 10.4. The number of nitrogens with one attached hydrogen (secondary N) is 1. The van der Waals surface area contributed by atoms with Crippen molar-refractivity contribution >= 4 is 33.7 Å². The highest BCUT2D eigenvalue weighted by molar-refractivity contribution is 9.10.